The van der Waals surface area contributed by atoms with Crippen molar-refractivity contribution in [2.75, 3.05) is 17.7 Å². The number of nitrogens with two attached hydrogens (primary N) is 1. The molecule has 0 saturated heterocycles. The summed E-state index contributed by atoms with van der Waals surface area (Å²) >= 11 is 3.35. The van der Waals surface area contributed by atoms with Crippen molar-refractivity contribution in [3.8, 4) is 0 Å². The number of aromatic nitrogens is 2. The monoisotopic (exact) mass is 322 g/mol. The average Bonchev–Trinajstić information content (AvgIpc) is 2.68. The van der Waals surface area contributed by atoms with Crippen molar-refractivity contribution in [1.82, 2.24) is 9.78 Å². The van der Waals surface area contributed by atoms with Crippen LogP contribution in [-0.4, -0.2) is 22.7 Å². The number of nitrogen functional groups attached to an aromatic ring is 1. The molecule has 0 aliphatic rings. The van der Waals surface area contributed by atoms with Crippen molar-refractivity contribution in [2.24, 2.45) is 7.05 Å². The SMILES string of the molecule is Cc1c(C(=O)N(C)c2ccc(Br)cc2N)cnn1C. The van der Waals surface area contributed by atoms with Crippen LogP contribution in [0.4, 0.5) is 11.4 Å². The van der Waals surface area contributed by atoms with Gasteiger partial charge in [-0.1, -0.05) is 15.9 Å². The predicted octanol–water partition coefficient (Wildman–Crippen LogP) is 2.35. The van der Waals surface area contributed by atoms with Crippen molar-refractivity contribution in [2.45, 2.75) is 6.92 Å². The van der Waals surface area contributed by atoms with Gasteiger partial charge in [0.2, 0.25) is 0 Å². The van der Waals surface area contributed by atoms with Crippen molar-refractivity contribution in [1.29, 1.82) is 0 Å². The molecule has 0 fully saturated rings. The first-order valence-corrected chi connectivity index (χ1v) is 6.52. The molecule has 5 nitrogen and oxygen atoms in total. The Morgan fingerprint density at radius 2 is 2.16 bits per heavy atom. The maximum Gasteiger partial charge on any atom is 0.261 e. The number of halogens is 1. The molecule has 2 aromatic rings. The van der Waals surface area contributed by atoms with Crippen LogP contribution in [0, 0.1) is 6.92 Å². The van der Waals surface area contributed by atoms with Crippen LogP contribution in [0.3, 0.4) is 0 Å². The number of hydrogen-bond acceptors (Lipinski definition) is 3. The van der Waals surface area contributed by atoms with Gasteiger partial charge in [0.15, 0.2) is 0 Å². The summed E-state index contributed by atoms with van der Waals surface area (Å²) in [5.41, 5.74) is 8.56. The zero-order chi connectivity index (χ0) is 14.2. The topological polar surface area (TPSA) is 64.2 Å². The number of carbonyl (C=O) groups excluding carboxylic acids is 1. The van der Waals surface area contributed by atoms with Crippen LogP contribution in [0.25, 0.3) is 0 Å². The zero-order valence-electron chi connectivity index (χ0n) is 11.0. The van der Waals surface area contributed by atoms with Crippen LogP contribution < -0.4 is 10.6 Å². The smallest absolute Gasteiger partial charge is 0.261 e. The predicted molar refractivity (Wildman–Crippen MR) is 79.2 cm³/mol. The van der Waals surface area contributed by atoms with Crippen LogP contribution in [0.5, 0.6) is 0 Å². The molecule has 2 N–H and O–H groups in total. The minimum absolute atomic E-state index is 0.125. The van der Waals surface area contributed by atoms with Gasteiger partial charge in [-0.15, -0.1) is 0 Å². The van der Waals surface area contributed by atoms with E-state index in [9.17, 15) is 4.79 Å². The number of rotatable bonds is 2. The number of amides is 1. The van der Waals surface area contributed by atoms with Gasteiger partial charge < -0.3 is 10.6 Å². The summed E-state index contributed by atoms with van der Waals surface area (Å²) in [5.74, 6) is -0.125. The zero-order valence-corrected chi connectivity index (χ0v) is 12.6. The first-order valence-electron chi connectivity index (χ1n) is 5.73. The third kappa shape index (κ3) is 2.49. The molecule has 6 heteroatoms. The Kier molecular flexibility index (Phi) is 3.61. The van der Waals surface area contributed by atoms with Crippen molar-refractivity contribution < 1.29 is 4.79 Å². The number of hydrogen-bond donors (Lipinski definition) is 1. The van der Waals surface area contributed by atoms with E-state index in [0.717, 1.165) is 10.2 Å². The van der Waals surface area contributed by atoms with Crippen molar-refractivity contribution in [3.05, 3.63) is 40.1 Å². The Labute approximate surface area is 120 Å². The lowest BCUT2D eigenvalue weighted by molar-refractivity contribution is 0.0992. The van der Waals surface area contributed by atoms with Gasteiger partial charge in [0.05, 0.1) is 23.1 Å². The van der Waals surface area contributed by atoms with E-state index >= 15 is 0 Å². The molecule has 0 saturated carbocycles. The van der Waals surface area contributed by atoms with E-state index in [2.05, 4.69) is 21.0 Å². The minimum Gasteiger partial charge on any atom is -0.397 e. The molecular formula is C13H15BrN4O. The molecule has 0 bridgehead atoms. The average molecular weight is 323 g/mol. The summed E-state index contributed by atoms with van der Waals surface area (Å²) in [5, 5.41) is 4.08. The molecular weight excluding hydrogens is 308 g/mol. The van der Waals surface area contributed by atoms with Crippen LogP contribution in [0.15, 0.2) is 28.9 Å². The van der Waals surface area contributed by atoms with Crippen molar-refractivity contribution >= 4 is 33.2 Å². The largest absolute Gasteiger partial charge is 0.397 e. The van der Waals surface area contributed by atoms with Gasteiger partial charge in [-0.05, 0) is 25.1 Å². The molecule has 100 valence electrons. The lowest BCUT2D eigenvalue weighted by atomic mass is 10.2. The Balaban J connectivity index is 2.36. The van der Waals surface area contributed by atoms with Crippen LogP contribution in [-0.2, 0) is 7.05 Å². The number of nitrogens with zero attached hydrogens (tertiary/aromatic N) is 3. The minimum atomic E-state index is -0.125. The quantitative estimate of drug-likeness (QED) is 0.863. The fraction of sp³-hybridized carbons (Fsp3) is 0.231. The van der Waals surface area contributed by atoms with E-state index in [0.29, 0.717) is 16.9 Å². The number of aryl methyl sites for hydroxylation is 1. The lowest BCUT2D eigenvalue weighted by Gasteiger charge is -2.19. The molecule has 1 heterocycles. The second-order valence-corrected chi connectivity index (χ2v) is 5.25. The summed E-state index contributed by atoms with van der Waals surface area (Å²) < 4.78 is 2.55. The molecule has 1 aromatic heterocycles. The molecule has 0 aliphatic carbocycles. The van der Waals surface area contributed by atoms with Gasteiger partial charge in [-0.2, -0.15) is 5.10 Å². The van der Waals surface area contributed by atoms with E-state index in [1.54, 1.807) is 31.0 Å². The van der Waals surface area contributed by atoms with E-state index < -0.39 is 0 Å². The third-order valence-electron chi connectivity index (χ3n) is 3.12. The highest BCUT2D eigenvalue weighted by Gasteiger charge is 2.19. The van der Waals surface area contributed by atoms with Gasteiger partial charge >= 0.3 is 0 Å². The number of carbonyl (C=O) groups is 1. The second kappa shape index (κ2) is 5.05. The van der Waals surface area contributed by atoms with Gasteiger partial charge in [0.1, 0.15) is 0 Å². The highest BCUT2D eigenvalue weighted by atomic mass is 79.9. The lowest BCUT2D eigenvalue weighted by Crippen LogP contribution is -2.27. The summed E-state index contributed by atoms with van der Waals surface area (Å²) in [4.78, 5) is 14.0. The normalized spacial score (nSPS) is 10.5. The second-order valence-electron chi connectivity index (χ2n) is 4.33. The van der Waals surface area contributed by atoms with Gasteiger partial charge in [-0.25, -0.2) is 0 Å². The number of benzene rings is 1. The standard InChI is InChI=1S/C13H15BrN4O/c1-8-10(7-16-18(8)3)13(19)17(2)12-5-4-9(14)6-11(12)15/h4-7H,15H2,1-3H3. The fourth-order valence-corrected chi connectivity index (χ4v) is 2.21. The van der Waals surface area contributed by atoms with Crippen LogP contribution in [0.1, 0.15) is 16.1 Å². The summed E-state index contributed by atoms with van der Waals surface area (Å²) in [6.07, 6.45) is 1.57. The Bertz CT molecular complexity index is 636. The molecule has 19 heavy (non-hydrogen) atoms. The molecule has 2 rings (SSSR count). The molecule has 0 spiro atoms. The van der Waals surface area contributed by atoms with E-state index in [1.807, 2.05) is 19.1 Å². The molecule has 0 radical (unpaired) electrons. The molecule has 0 unspecified atom stereocenters. The summed E-state index contributed by atoms with van der Waals surface area (Å²) in [7, 11) is 3.51. The summed E-state index contributed by atoms with van der Waals surface area (Å²) in [6.45, 7) is 1.86. The maximum absolute atomic E-state index is 12.4. The third-order valence-corrected chi connectivity index (χ3v) is 3.61. The molecule has 0 aliphatic heterocycles. The van der Waals surface area contributed by atoms with E-state index in [1.165, 1.54) is 4.90 Å². The van der Waals surface area contributed by atoms with Crippen LogP contribution in [0.2, 0.25) is 0 Å². The molecule has 0 atom stereocenters. The highest BCUT2D eigenvalue weighted by molar-refractivity contribution is 9.10. The Morgan fingerprint density at radius 3 is 2.68 bits per heavy atom. The molecule has 1 aromatic carbocycles. The van der Waals surface area contributed by atoms with E-state index in [4.69, 9.17) is 5.73 Å². The van der Waals surface area contributed by atoms with E-state index in [-0.39, 0.29) is 5.91 Å². The Hall–Kier alpha value is -1.82. The first-order chi connectivity index (χ1) is 8.91. The van der Waals surface area contributed by atoms with Crippen LogP contribution >= 0.6 is 15.9 Å². The van der Waals surface area contributed by atoms with Gasteiger partial charge in [0, 0.05) is 24.3 Å². The summed E-state index contributed by atoms with van der Waals surface area (Å²) in [6, 6.07) is 5.43. The fourth-order valence-electron chi connectivity index (χ4n) is 1.83. The maximum atomic E-state index is 12.4. The highest BCUT2D eigenvalue weighted by Crippen LogP contribution is 2.27. The van der Waals surface area contributed by atoms with Gasteiger partial charge in [0.25, 0.3) is 5.91 Å². The van der Waals surface area contributed by atoms with Gasteiger partial charge in [-0.3, -0.25) is 9.48 Å². The first kappa shape index (κ1) is 13.6. The Morgan fingerprint density at radius 1 is 1.47 bits per heavy atom. The number of anilines is 2. The van der Waals surface area contributed by atoms with Crippen molar-refractivity contribution in [3.63, 3.8) is 0 Å². The molecule has 1 amide bonds.